The van der Waals surface area contributed by atoms with Crippen molar-refractivity contribution in [2.75, 3.05) is 0 Å². The Kier molecular flexibility index (Phi) is 5.03. The summed E-state index contributed by atoms with van der Waals surface area (Å²) >= 11 is 4.93. The number of carbonyl (C=O) groups excluding carboxylic acids is 1. The molecule has 0 saturated carbocycles. The monoisotopic (exact) mass is 299 g/mol. The molecule has 0 aromatic carbocycles. The second-order valence-electron chi connectivity index (χ2n) is 4.48. The summed E-state index contributed by atoms with van der Waals surface area (Å²) in [5.41, 5.74) is 3.62. The summed E-state index contributed by atoms with van der Waals surface area (Å²) in [7, 11) is 2.74. The highest BCUT2D eigenvalue weighted by Gasteiger charge is 2.13. The normalized spacial score (nSPS) is 10.2. The largest absolute Gasteiger partial charge is 0.359 e. The molecule has 1 amide bonds. The van der Waals surface area contributed by atoms with Gasteiger partial charge in [0.2, 0.25) is 0 Å². The molecule has 0 bridgehead atoms. The Labute approximate surface area is 120 Å². The quantitative estimate of drug-likeness (QED) is 0.459. The van der Waals surface area contributed by atoms with Crippen LogP contribution in [0.25, 0.3) is 0 Å². The molecule has 3 N–H and O–H groups in total. The fraction of sp³-hybridized carbons (Fsp3) is 0.455. The maximum atomic E-state index is 11.9. The van der Waals surface area contributed by atoms with Gasteiger partial charge in [-0.3, -0.25) is 29.6 Å². The van der Waals surface area contributed by atoms with Crippen molar-refractivity contribution in [2.24, 2.45) is 14.1 Å². The van der Waals surface area contributed by atoms with Crippen LogP contribution < -0.4 is 27.4 Å². The van der Waals surface area contributed by atoms with Gasteiger partial charge >= 0.3 is 5.69 Å². The van der Waals surface area contributed by atoms with Crippen LogP contribution in [-0.4, -0.2) is 26.2 Å². The van der Waals surface area contributed by atoms with Gasteiger partial charge in [-0.2, -0.15) is 0 Å². The summed E-state index contributed by atoms with van der Waals surface area (Å²) in [5, 5.41) is 3.11. The average molecular weight is 299 g/mol. The summed E-state index contributed by atoms with van der Waals surface area (Å²) in [6, 6.07) is 1.19. The number of hydrogen-bond donors (Lipinski definition) is 3. The van der Waals surface area contributed by atoms with E-state index >= 15 is 0 Å². The highest BCUT2D eigenvalue weighted by Crippen LogP contribution is 1.89. The number of rotatable bonds is 2. The van der Waals surface area contributed by atoms with Gasteiger partial charge in [-0.05, 0) is 26.1 Å². The summed E-state index contributed by atoms with van der Waals surface area (Å²) in [6.45, 7) is 3.78. The number of hydrogen-bond acceptors (Lipinski definition) is 4. The zero-order valence-corrected chi connectivity index (χ0v) is 12.5. The van der Waals surface area contributed by atoms with Crippen molar-refractivity contribution in [2.45, 2.75) is 19.9 Å². The first-order valence-electron chi connectivity index (χ1n) is 5.88. The number of nitrogens with zero attached hydrogens (tertiary/aromatic N) is 2. The van der Waals surface area contributed by atoms with E-state index in [0.717, 1.165) is 15.2 Å². The number of nitrogens with one attached hydrogen (secondary N) is 3. The summed E-state index contributed by atoms with van der Waals surface area (Å²) in [5.74, 6) is -0.629. The van der Waals surface area contributed by atoms with Gasteiger partial charge in [0.1, 0.15) is 5.69 Å². The van der Waals surface area contributed by atoms with Gasteiger partial charge in [-0.1, -0.05) is 0 Å². The van der Waals surface area contributed by atoms with Crippen molar-refractivity contribution in [1.82, 2.24) is 25.3 Å². The third kappa shape index (κ3) is 3.67. The lowest BCUT2D eigenvalue weighted by Gasteiger charge is -2.14. The fourth-order valence-corrected chi connectivity index (χ4v) is 1.71. The van der Waals surface area contributed by atoms with Gasteiger partial charge in [-0.25, -0.2) is 4.79 Å². The highest BCUT2D eigenvalue weighted by molar-refractivity contribution is 7.80. The molecule has 0 fully saturated rings. The van der Waals surface area contributed by atoms with E-state index in [1.807, 2.05) is 13.8 Å². The number of thiocarbonyl (C=S) groups is 1. The molecule has 0 aliphatic carbocycles. The molecule has 0 saturated heterocycles. The van der Waals surface area contributed by atoms with Crippen LogP contribution in [0, 0.1) is 0 Å². The van der Waals surface area contributed by atoms with E-state index in [0.29, 0.717) is 0 Å². The van der Waals surface area contributed by atoms with Gasteiger partial charge in [0.15, 0.2) is 5.11 Å². The van der Waals surface area contributed by atoms with Crippen LogP contribution in [0.1, 0.15) is 24.3 Å². The molecule has 9 heteroatoms. The van der Waals surface area contributed by atoms with E-state index in [1.54, 1.807) is 0 Å². The molecule has 110 valence electrons. The topological polar surface area (TPSA) is 97.2 Å². The predicted molar refractivity (Wildman–Crippen MR) is 78.4 cm³/mol. The van der Waals surface area contributed by atoms with E-state index in [2.05, 4.69) is 16.2 Å². The van der Waals surface area contributed by atoms with E-state index in [4.69, 9.17) is 12.2 Å². The minimum Gasteiger partial charge on any atom is -0.359 e. The Bertz CT molecular complexity index is 646. The van der Waals surface area contributed by atoms with Crippen LogP contribution in [-0.2, 0) is 14.1 Å². The first-order valence-corrected chi connectivity index (χ1v) is 6.28. The lowest BCUT2D eigenvalue weighted by Crippen LogP contribution is -2.50. The first kappa shape index (κ1) is 15.9. The lowest BCUT2D eigenvalue weighted by atomic mass is 10.3. The van der Waals surface area contributed by atoms with Crippen molar-refractivity contribution < 1.29 is 4.79 Å². The van der Waals surface area contributed by atoms with Gasteiger partial charge in [0, 0.05) is 26.2 Å². The third-order valence-electron chi connectivity index (χ3n) is 2.47. The van der Waals surface area contributed by atoms with Crippen LogP contribution in [0.2, 0.25) is 0 Å². The lowest BCUT2D eigenvalue weighted by molar-refractivity contribution is 0.0933. The van der Waals surface area contributed by atoms with Crippen molar-refractivity contribution in [3.05, 3.63) is 32.6 Å². The standard InChI is InChI=1S/C11H17N5O3S/c1-6(2)12-10(20)14-13-9(18)7-5-8(17)16(4)11(19)15(7)3/h5-6H,1-4H3,(H,13,18)(H2,12,14,20). The number of amides is 1. The van der Waals surface area contributed by atoms with E-state index in [1.165, 1.54) is 14.1 Å². The fourth-order valence-electron chi connectivity index (χ4n) is 1.43. The Morgan fingerprint density at radius 1 is 1.20 bits per heavy atom. The molecular formula is C11H17N5O3S. The molecular weight excluding hydrogens is 282 g/mol. The highest BCUT2D eigenvalue weighted by atomic mass is 32.1. The summed E-state index contributed by atoms with van der Waals surface area (Å²) < 4.78 is 1.99. The predicted octanol–water partition coefficient (Wildman–Crippen LogP) is -1.40. The van der Waals surface area contributed by atoms with Crippen molar-refractivity contribution in [3.8, 4) is 0 Å². The van der Waals surface area contributed by atoms with Crippen molar-refractivity contribution in [3.63, 3.8) is 0 Å². The zero-order chi connectivity index (χ0) is 15.4. The third-order valence-corrected chi connectivity index (χ3v) is 2.69. The second-order valence-corrected chi connectivity index (χ2v) is 4.88. The average Bonchev–Trinajstić information content (AvgIpc) is 2.37. The molecule has 1 heterocycles. The number of carbonyl (C=O) groups is 1. The zero-order valence-electron chi connectivity index (χ0n) is 11.7. The molecule has 1 aromatic heterocycles. The van der Waals surface area contributed by atoms with E-state index in [-0.39, 0.29) is 16.8 Å². The van der Waals surface area contributed by atoms with E-state index in [9.17, 15) is 14.4 Å². The smallest absolute Gasteiger partial charge is 0.331 e. The summed E-state index contributed by atoms with van der Waals surface area (Å²) in [4.78, 5) is 35.1. The molecule has 0 unspecified atom stereocenters. The molecule has 8 nitrogen and oxygen atoms in total. The Hall–Kier alpha value is -2.16. The van der Waals surface area contributed by atoms with E-state index < -0.39 is 17.2 Å². The van der Waals surface area contributed by atoms with Crippen molar-refractivity contribution >= 4 is 23.2 Å². The van der Waals surface area contributed by atoms with Gasteiger partial charge in [0.25, 0.3) is 11.5 Å². The molecule has 0 radical (unpaired) electrons. The summed E-state index contributed by atoms with van der Waals surface area (Å²) in [6.07, 6.45) is 0. The van der Waals surface area contributed by atoms with Gasteiger partial charge in [0.05, 0.1) is 0 Å². The maximum absolute atomic E-state index is 11.9. The second kappa shape index (κ2) is 6.33. The van der Waals surface area contributed by atoms with Gasteiger partial charge < -0.3 is 5.32 Å². The first-order chi connectivity index (χ1) is 9.23. The minimum atomic E-state index is -0.629. The van der Waals surface area contributed by atoms with Crippen LogP contribution in [0.4, 0.5) is 0 Å². The number of aromatic nitrogens is 2. The molecule has 0 atom stereocenters. The Balaban J connectivity index is 2.87. The molecule has 20 heavy (non-hydrogen) atoms. The van der Waals surface area contributed by atoms with Crippen LogP contribution in [0.3, 0.4) is 0 Å². The Morgan fingerprint density at radius 3 is 2.35 bits per heavy atom. The van der Waals surface area contributed by atoms with Crippen LogP contribution in [0.15, 0.2) is 15.7 Å². The molecule has 1 rings (SSSR count). The SMILES string of the molecule is CC(C)NC(=S)NNC(=O)c1cc(=O)n(C)c(=O)n1C. The van der Waals surface area contributed by atoms with Crippen LogP contribution >= 0.6 is 12.2 Å². The van der Waals surface area contributed by atoms with Crippen molar-refractivity contribution in [1.29, 1.82) is 0 Å². The van der Waals surface area contributed by atoms with Gasteiger partial charge in [-0.15, -0.1) is 0 Å². The maximum Gasteiger partial charge on any atom is 0.331 e. The molecule has 0 aliphatic heterocycles. The Morgan fingerprint density at radius 2 is 1.80 bits per heavy atom. The molecule has 0 aliphatic rings. The molecule has 1 aromatic rings. The number of hydrazine groups is 1. The van der Waals surface area contributed by atoms with Crippen LogP contribution in [0.5, 0.6) is 0 Å². The molecule has 0 spiro atoms. The minimum absolute atomic E-state index is 0.0575.